The number of benzene rings is 6. The average Bonchev–Trinajstić information content (AvgIpc) is 3.53. The minimum absolute atomic E-state index is 0.0382. The van der Waals surface area contributed by atoms with Crippen molar-refractivity contribution >= 4 is 28.0 Å². The van der Waals surface area contributed by atoms with Gasteiger partial charge in [-0.15, -0.1) is 0 Å². The number of aliphatic imine (C=N–C) groups is 1. The summed E-state index contributed by atoms with van der Waals surface area (Å²) >= 11 is 0. The molecule has 2 heterocycles. The van der Waals surface area contributed by atoms with Crippen LogP contribution >= 0.6 is 0 Å². The van der Waals surface area contributed by atoms with E-state index in [9.17, 15) is 0 Å². The Bertz CT molecular complexity index is 1910. The van der Waals surface area contributed by atoms with Gasteiger partial charge in [0.1, 0.15) is 24.3 Å². The van der Waals surface area contributed by atoms with E-state index in [0.29, 0.717) is 0 Å². The Balaban J connectivity index is 1.21. The minimum atomic E-state index is -0.189. The van der Waals surface area contributed by atoms with Gasteiger partial charge in [0, 0.05) is 5.56 Å². The minimum Gasteiger partial charge on any atom is -0.360 e. The molecule has 0 saturated heterocycles. The van der Waals surface area contributed by atoms with Gasteiger partial charge in [-0.2, -0.15) is 0 Å². The van der Waals surface area contributed by atoms with Crippen molar-refractivity contribution in [2.24, 2.45) is 4.99 Å². The monoisotopic (exact) mass is 557 g/mol. The van der Waals surface area contributed by atoms with Crippen LogP contribution in [0, 0.1) is 0 Å². The lowest BCUT2D eigenvalue weighted by Crippen LogP contribution is -2.45. The molecule has 43 heavy (non-hydrogen) atoms. The van der Waals surface area contributed by atoms with E-state index < -0.39 is 0 Å². The van der Waals surface area contributed by atoms with Gasteiger partial charge in [-0.1, -0.05) is 121 Å². The van der Waals surface area contributed by atoms with Crippen molar-refractivity contribution in [3.63, 3.8) is 0 Å². The van der Waals surface area contributed by atoms with Crippen LogP contribution in [0.15, 0.2) is 151 Å². The first-order chi connectivity index (χ1) is 21.3. The predicted octanol–water partition coefficient (Wildman–Crippen LogP) is 8.38. The Morgan fingerprint density at radius 2 is 0.977 bits per heavy atom. The maximum atomic E-state index is 5.27. The van der Waals surface area contributed by atoms with Gasteiger partial charge < -0.3 is 16.0 Å². The second-order valence-corrected chi connectivity index (χ2v) is 11.1. The van der Waals surface area contributed by atoms with E-state index in [1.807, 2.05) is 6.07 Å². The highest BCUT2D eigenvalue weighted by Gasteiger charge is 2.27. The van der Waals surface area contributed by atoms with Crippen LogP contribution in [0.2, 0.25) is 0 Å². The lowest BCUT2D eigenvalue weighted by Gasteiger charge is -2.33. The molecule has 6 aromatic carbocycles. The zero-order chi connectivity index (χ0) is 28.6. The average molecular weight is 558 g/mol. The zero-order valence-electron chi connectivity index (χ0n) is 23.5. The van der Waals surface area contributed by atoms with Crippen molar-refractivity contribution in [1.29, 1.82) is 0 Å². The molecule has 0 spiro atoms. The van der Waals surface area contributed by atoms with Gasteiger partial charge in [-0.25, -0.2) is 4.99 Å². The highest BCUT2D eigenvalue weighted by molar-refractivity contribution is 6.08. The van der Waals surface area contributed by atoms with Crippen molar-refractivity contribution in [2.75, 3.05) is 10.6 Å². The zero-order valence-corrected chi connectivity index (χ0v) is 23.5. The molecule has 2 aliphatic heterocycles. The number of hydrogen-bond acceptors (Lipinski definition) is 5. The van der Waals surface area contributed by atoms with Crippen molar-refractivity contribution < 1.29 is 0 Å². The van der Waals surface area contributed by atoms with E-state index >= 15 is 0 Å². The summed E-state index contributed by atoms with van der Waals surface area (Å²) in [7, 11) is 0. The van der Waals surface area contributed by atoms with Gasteiger partial charge in [0.05, 0.1) is 11.4 Å². The number of nitrogens with zero attached hydrogens (tertiary/aromatic N) is 1. The van der Waals surface area contributed by atoms with Gasteiger partial charge in [-0.3, -0.25) is 5.32 Å². The van der Waals surface area contributed by atoms with E-state index in [-0.39, 0.29) is 18.5 Å². The topological polar surface area (TPSA) is 60.5 Å². The summed E-state index contributed by atoms with van der Waals surface area (Å²) in [4.78, 5) is 5.27. The highest BCUT2D eigenvalue weighted by atomic mass is 15.3. The lowest BCUT2D eigenvalue weighted by molar-refractivity contribution is 0.409. The van der Waals surface area contributed by atoms with Crippen molar-refractivity contribution in [3.8, 4) is 11.1 Å². The SMILES string of the molecule is c1ccc(C2N=C(c3cc4ccccc4cc3-c3ccc(C4Nc5ccccc5N4)cc3)NC(c3ccccc3)N2)cc1. The number of hydrogen-bond donors (Lipinski definition) is 4. The van der Waals surface area contributed by atoms with Gasteiger partial charge in [0.2, 0.25) is 0 Å². The highest BCUT2D eigenvalue weighted by Crippen LogP contribution is 2.37. The number of rotatable bonds is 5. The van der Waals surface area contributed by atoms with Gasteiger partial charge in [0.25, 0.3) is 0 Å². The third-order valence-corrected chi connectivity index (χ3v) is 8.33. The molecule has 0 radical (unpaired) electrons. The molecule has 5 heteroatoms. The molecule has 2 atom stereocenters. The van der Waals surface area contributed by atoms with Crippen LogP contribution in [-0.4, -0.2) is 5.84 Å². The van der Waals surface area contributed by atoms with Crippen LogP contribution in [-0.2, 0) is 0 Å². The number of para-hydroxylation sites is 2. The smallest absolute Gasteiger partial charge is 0.132 e. The van der Waals surface area contributed by atoms with Crippen LogP contribution in [0.5, 0.6) is 0 Å². The lowest BCUT2D eigenvalue weighted by atomic mass is 9.93. The molecule has 0 aliphatic carbocycles. The maximum absolute atomic E-state index is 5.27. The maximum Gasteiger partial charge on any atom is 0.132 e. The summed E-state index contributed by atoms with van der Waals surface area (Å²) in [5.41, 5.74) is 9.12. The quantitative estimate of drug-likeness (QED) is 0.172. The first-order valence-electron chi connectivity index (χ1n) is 14.7. The third kappa shape index (κ3) is 4.90. The Morgan fingerprint density at radius 1 is 0.442 bits per heavy atom. The fourth-order valence-corrected chi connectivity index (χ4v) is 6.10. The molecule has 208 valence electrons. The molecular formula is C38H31N5. The van der Waals surface area contributed by atoms with Crippen molar-refractivity contribution in [1.82, 2.24) is 10.6 Å². The fraction of sp³-hybridized carbons (Fsp3) is 0.0789. The molecule has 0 aromatic heterocycles. The molecule has 2 aliphatic rings. The van der Waals surface area contributed by atoms with Crippen molar-refractivity contribution in [2.45, 2.75) is 18.5 Å². The molecule has 0 fully saturated rings. The fourth-order valence-electron chi connectivity index (χ4n) is 6.10. The largest absolute Gasteiger partial charge is 0.360 e. The summed E-state index contributed by atoms with van der Waals surface area (Å²) < 4.78 is 0. The molecule has 0 bridgehead atoms. The summed E-state index contributed by atoms with van der Waals surface area (Å²) in [5.74, 6) is 0.876. The van der Waals surface area contributed by atoms with Crippen molar-refractivity contribution in [3.05, 3.63) is 168 Å². The molecular weight excluding hydrogens is 526 g/mol. The molecule has 2 unspecified atom stereocenters. The van der Waals surface area contributed by atoms with Gasteiger partial charge in [0.15, 0.2) is 0 Å². The van der Waals surface area contributed by atoms with E-state index in [0.717, 1.165) is 39.5 Å². The summed E-state index contributed by atoms with van der Waals surface area (Å²) in [6.07, 6.45) is -0.247. The number of anilines is 2. The van der Waals surface area contributed by atoms with E-state index in [2.05, 4.69) is 161 Å². The van der Waals surface area contributed by atoms with Gasteiger partial charge in [-0.05, 0) is 62.9 Å². The molecule has 6 aromatic rings. The van der Waals surface area contributed by atoms with E-state index in [4.69, 9.17) is 4.99 Å². The predicted molar refractivity (Wildman–Crippen MR) is 177 cm³/mol. The second kappa shape index (κ2) is 10.8. The molecule has 5 nitrogen and oxygen atoms in total. The first-order valence-corrected chi connectivity index (χ1v) is 14.7. The molecule has 0 saturated carbocycles. The first kappa shape index (κ1) is 25.3. The van der Waals surface area contributed by atoms with Crippen LogP contribution in [0.25, 0.3) is 21.9 Å². The molecule has 4 N–H and O–H groups in total. The van der Waals surface area contributed by atoms with Crippen LogP contribution in [0.1, 0.15) is 40.8 Å². The Labute approximate surface area is 251 Å². The molecule has 8 rings (SSSR count). The standard InChI is InChI=1S/C38H31N5/c1-3-11-26(12-4-1)36-41-37(27-13-5-2-6-14-27)43-38(42-36)32-24-30-16-8-7-15-29(30)23-31(32)25-19-21-28(22-20-25)35-39-33-17-9-10-18-34(33)40-35/h1-24,35-37,39-41H,(H,42,43). The summed E-state index contributed by atoms with van der Waals surface area (Å²) in [6, 6.07) is 51.3. The number of nitrogens with one attached hydrogen (secondary N) is 4. The Hall–Kier alpha value is -5.39. The van der Waals surface area contributed by atoms with Crippen LogP contribution < -0.4 is 21.3 Å². The van der Waals surface area contributed by atoms with Crippen LogP contribution in [0.4, 0.5) is 11.4 Å². The van der Waals surface area contributed by atoms with E-state index in [1.54, 1.807) is 0 Å². The van der Waals surface area contributed by atoms with Crippen LogP contribution in [0.3, 0.4) is 0 Å². The summed E-state index contributed by atoms with van der Waals surface area (Å²) in [5, 5.41) is 17.0. The Morgan fingerprint density at radius 3 is 1.63 bits per heavy atom. The van der Waals surface area contributed by atoms with E-state index in [1.165, 1.54) is 21.9 Å². The number of amidine groups is 1. The molecule has 0 amide bonds. The Kier molecular flexibility index (Phi) is 6.35. The summed E-state index contributed by atoms with van der Waals surface area (Å²) in [6.45, 7) is 0. The normalized spacial score (nSPS) is 17.8. The van der Waals surface area contributed by atoms with Gasteiger partial charge >= 0.3 is 0 Å². The second-order valence-electron chi connectivity index (χ2n) is 11.1. The third-order valence-electron chi connectivity index (χ3n) is 8.33. The number of fused-ring (bicyclic) bond motifs is 2.